The fraction of sp³-hybridized carbons (Fsp3) is 0.875. The lowest BCUT2D eigenvalue weighted by atomic mass is 10.1. The molecule has 0 aromatic rings. The molecule has 13 heavy (non-hydrogen) atoms. The number of rotatable bonds is 4. The number of hydrogen-bond acceptors (Lipinski definition) is 4. The number of carboxylic acid groups (broad SMARTS) is 1. The van der Waals surface area contributed by atoms with Crippen LogP contribution in [0.5, 0.6) is 0 Å². The molecule has 5 heteroatoms. The summed E-state index contributed by atoms with van der Waals surface area (Å²) in [6, 6.07) is 0. The van der Waals surface area contributed by atoms with Crippen molar-refractivity contribution >= 4 is 5.97 Å². The zero-order chi connectivity index (χ0) is 9.84. The summed E-state index contributed by atoms with van der Waals surface area (Å²) in [5.41, 5.74) is 0. The first-order valence-electron chi connectivity index (χ1n) is 4.37. The molecule has 0 saturated carbocycles. The first kappa shape index (κ1) is 10.4. The number of β-amino-alcohol motifs (C(OH)–C–C–N with tert-alkyl or cyclic N) is 1. The molecule has 0 spiro atoms. The van der Waals surface area contributed by atoms with E-state index in [1.807, 2.05) is 4.90 Å². The van der Waals surface area contributed by atoms with Crippen LogP contribution >= 0.6 is 0 Å². The summed E-state index contributed by atoms with van der Waals surface area (Å²) < 4.78 is 0. The van der Waals surface area contributed by atoms with E-state index in [-0.39, 0.29) is 12.5 Å². The fourth-order valence-corrected chi connectivity index (χ4v) is 1.56. The molecule has 1 fully saturated rings. The van der Waals surface area contributed by atoms with Crippen molar-refractivity contribution in [2.24, 2.45) is 5.92 Å². The van der Waals surface area contributed by atoms with Crippen molar-refractivity contribution < 1.29 is 20.1 Å². The maximum Gasteiger partial charge on any atom is 0.307 e. The molecular formula is C8H15NO4. The van der Waals surface area contributed by atoms with Crippen molar-refractivity contribution in [3.63, 3.8) is 0 Å². The second kappa shape index (κ2) is 4.55. The molecule has 0 bridgehead atoms. The van der Waals surface area contributed by atoms with Gasteiger partial charge in [-0.3, -0.25) is 9.69 Å². The quantitative estimate of drug-likeness (QED) is 0.514. The highest BCUT2D eigenvalue weighted by Crippen LogP contribution is 2.16. The van der Waals surface area contributed by atoms with Gasteiger partial charge in [0.25, 0.3) is 0 Å². The topological polar surface area (TPSA) is 81.0 Å². The van der Waals surface area contributed by atoms with Gasteiger partial charge in [0.05, 0.1) is 18.6 Å². The van der Waals surface area contributed by atoms with Crippen LogP contribution in [0.4, 0.5) is 0 Å². The van der Waals surface area contributed by atoms with Gasteiger partial charge >= 0.3 is 5.97 Å². The van der Waals surface area contributed by atoms with Gasteiger partial charge < -0.3 is 15.3 Å². The molecule has 0 amide bonds. The third-order valence-electron chi connectivity index (χ3n) is 2.30. The van der Waals surface area contributed by atoms with E-state index in [0.29, 0.717) is 26.1 Å². The Morgan fingerprint density at radius 1 is 1.62 bits per heavy atom. The van der Waals surface area contributed by atoms with E-state index < -0.39 is 12.1 Å². The highest BCUT2D eigenvalue weighted by atomic mass is 16.4. The Labute approximate surface area is 76.6 Å². The van der Waals surface area contributed by atoms with E-state index in [1.165, 1.54) is 0 Å². The zero-order valence-corrected chi connectivity index (χ0v) is 7.39. The van der Waals surface area contributed by atoms with Crippen molar-refractivity contribution in [2.75, 3.05) is 26.2 Å². The number of aliphatic carboxylic acids is 1. The van der Waals surface area contributed by atoms with Crippen LogP contribution in [-0.4, -0.2) is 58.5 Å². The average molecular weight is 189 g/mol. The summed E-state index contributed by atoms with van der Waals surface area (Å²) in [4.78, 5) is 12.4. The van der Waals surface area contributed by atoms with E-state index in [9.17, 15) is 4.79 Å². The van der Waals surface area contributed by atoms with Crippen molar-refractivity contribution in [3.05, 3.63) is 0 Å². The van der Waals surface area contributed by atoms with E-state index >= 15 is 0 Å². The molecule has 2 unspecified atom stereocenters. The van der Waals surface area contributed by atoms with Crippen molar-refractivity contribution in [2.45, 2.75) is 12.5 Å². The van der Waals surface area contributed by atoms with Crippen LogP contribution in [0.15, 0.2) is 0 Å². The van der Waals surface area contributed by atoms with Crippen LogP contribution in [0.1, 0.15) is 6.42 Å². The Bertz CT molecular complexity index is 185. The van der Waals surface area contributed by atoms with Crippen LogP contribution in [0, 0.1) is 5.92 Å². The van der Waals surface area contributed by atoms with Gasteiger partial charge in [-0.2, -0.15) is 0 Å². The molecule has 76 valence electrons. The van der Waals surface area contributed by atoms with Gasteiger partial charge in [0.2, 0.25) is 0 Å². The maximum absolute atomic E-state index is 10.6. The zero-order valence-electron chi connectivity index (χ0n) is 7.39. The van der Waals surface area contributed by atoms with Gasteiger partial charge in [-0.05, 0) is 13.0 Å². The van der Waals surface area contributed by atoms with Crippen molar-refractivity contribution in [3.8, 4) is 0 Å². The van der Waals surface area contributed by atoms with Gasteiger partial charge in [-0.25, -0.2) is 0 Å². The lowest BCUT2D eigenvalue weighted by molar-refractivity contribution is -0.141. The van der Waals surface area contributed by atoms with Gasteiger partial charge in [0, 0.05) is 13.1 Å². The summed E-state index contributed by atoms with van der Waals surface area (Å²) in [6.07, 6.45) is -0.124. The number of hydrogen-bond donors (Lipinski definition) is 3. The highest BCUT2D eigenvalue weighted by Gasteiger charge is 2.28. The second-order valence-electron chi connectivity index (χ2n) is 3.42. The summed E-state index contributed by atoms with van der Waals surface area (Å²) in [7, 11) is 0. The molecule has 0 aromatic carbocycles. The molecule has 0 radical (unpaired) electrons. The fourth-order valence-electron chi connectivity index (χ4n) is 1.56. The lowest BCUT2D eigenvalue weighted by Crippen LogP contribution is -2.33. The van der Waals surface area contributed by atoms with Crippen LogP contribution in [0.25, 0.3) is 0 Å². The van der Waals surface area contributed by atoms with Gasteiger partial charge in [0.1, 0.15) is 0 Å². The Morgan fingerprint density at radius 2 is 2.31 bits per heavy atom. The molecule has 1 rings (SSSR count). The van der Waals surface area contributed by atoms with E-state index in [1.54, 1.807) is 0 Å². The molecule has 5 nitrogen and oxygen atoms in total. The molecule has 0 aliphatic carbocycles. The van der Waals surface area contributed by atoms with Gasteiger partial charge in [-0.15, -0.1) is 0 Å². The minimum atomic E-state index is -0.777. The first-order chi connectivity index (χ1) is 6.13. The Morgan fingerprint density at radius 3 is 2.77 bits per heavy atom. The van der Waals surface area contributed by atoms with Crippen molar-refractivity contribution in [1.29, 1.82) is 0 Å². The summed E-state index contributed by atoms with van der Waals surface area (Å²) in [6.45, 7) is 1.26. The smallest absolute Gasteiger partial charge is 0.307 e. The first-order valence-corrected chi connectivity index (χ1v) is 4.37. The minimum Gasteiger partial charge on any atom is -0.481 e. The van der Waals surface area contributed by atoms with Crippen LogP contribution < -0.4 is 0 Å². The average Bonchev–Trinajstić information content (AvgIpc) is 2.52. The number of aliphatic hydroxyl groups is 2. The largest absolute Gasteiger partial charge is 0.481 e. The number of carboxylic acids is 1. The van der Waals surface area contributed by atoms with Crippen LogP contribution in [0.3, 0.4) is 0 Å². The van der Waals surface area contributed by atoms with Gasteiger partial charge in [0.15, 0.2) is 0 Å². The van der Waals surface area contributed by atoms with Crippen LogP contribution in [-0.2, 0) is 4.79 Å². The summed E-state index contributed by atoms with van der Waals surface area (Å²) in [5.74, 6) is -1.09. The summed E-state index contributed by atoms with van der Waals surface area (Å²) >= 11 is 0. The molecule has 1 saturated heterocycles. The number of nitrogens with zero attached hydrogens (tertiary/aromatic N) is 1. The third-order valence-corrected chi connectivity index (χ3v) is 2.30. The third kappa shape index (κ3) is 2.95. The molecular weight excluding hydrogens is 174 g/mol. The monoisotopic (exact) mass is 189 g/mol. The standard InChI is InChI=1S/C8H15NO4/c10-5-7(11)4-9-2-1-6(3-9)8(12)13/h6-7,10-11H,1-5H2,(H,12,13). The Kier molecular flexibility index (Phi) is 3.65. The number of likely N-dealkylation sites (tertiary alicyclic amines) is 1. The predicted octanol–water partition coefficient (Wildman–Crippen LogP) is -1.25. The van der Waals surface area contributed by atoms with E-state index in [0.717, 1.165) is 0 Å². The molecule has 0 aromatic heterocycles. The van der Waals surface area contributed by atoms with E-state index in [2.05, 4.69) is 0 Å². The molecule has 2 atom stereocenters. The van der Waals surface area contributed by atoms with Crippen molar-refractivity contribution in [1.82, 2.24) is 4.90 Å². The molecule has 1 aliphatic rings. The Hall–Kier alpha value is -0.650. The lowest BCUT2D eigenvalue weighted by Gasteiger charge is -2.17. The van der Waals surface area contributed by atoms with Gasteiger partial charge in [-0.1, -0.05) is 0 Å². The molecule has 1 heterocycles. The maximum atomic E-state index is 10.6. The second-order valence-corrected chi connectivity index (χ2v) is 3.42. The summed E-state index contributed by atoms with van der Waals surface area (Å²) in [5, 5.41) is 26.4. The molecule has 3 N–H and O–H groups in total. The predicted molar refractivity (Wildman–Crippen MR) is 45.3 cm³/mol. The number of aliphatic hydroxyl groups excluding tert-OH is 2. The highest BCUT2D eigenvalue weighted by molar-refractivity contribution is 5.70. The minimum absolute atomic E-state index is 0.270. The normalized spacial score (nSPS) is 26.2. The SMILES string of the molecule is O=C(O)C1CCN(CC(O)CO)C1. The van der Waals surface area contributed by atoms with Crippen LogP contribution in [0.2, 0.25) is 0 Å². The number of carbonyl (C=O) groups is 1. The van der Waals surface area contributed by atoms with E-state index in [4.69, 9.17) is 15.3 Å². The molecule has 1 aliphatic heterocycles. The Balaban J connectivity index is 2.29.